The van der Waals surface area contributed by atoms with Gasteiger partial charge in [0.1, 0.15) is 18.2 Å². The number of esters is 1. The zero-order valence-electron chi connectivity index (χ0n) is 20.0. The molecule has 1 aliphatic heterocycles. The van der Waals surface area contributed by atoms with Gasteiger partial charge in [0.05, 0.1) is 23.5 Å². The van der Waals surface area contributed by atoms with E-state index in [0.29, 0.717) is 31.7 Å². The molecule has 1 fully saturated rings. The maximum Gasteiger partial charge on any atom is 0.490 e. The minimum Gasteiger partial charge on any atom is -0.475 e. The first-order chi connectivity index (χ1) is 15.7. The zero-order chi connectivity index (χ0) is 23.7. The van der Waals surface area contributed by atoms with Crippen LogP contribution in [0.4, 0.5) is 0 Å². The maximum absolute atomic E-state index is 13.0. The number of nitrogens with zero attached hydrogens (tertiary/aromatic N) is 3. The standard InChI is InChI=1S/C24H32BN3O5/c1-6-30-21(29)24(17-31-20-16-26-27-28(20)19-10-8-7-9-11-19)14-12-18(13-15-24)25-32-22(2,3)23(4,5)33-25/h7-12,16H,6,13-15,17H2,1-5H3. The number of aromatic nitrogens is 3. The number of allylic oxidation sites excluding steroid dienone is 2. The van der Waals surface area contributed by atoms with Crippen LogP contribution in [-0.4, -0.2) is 52.5 Å². The summed E-state index contributed by atoms with van der Waals surface area (Å²) in [7, 11) is -0.403. The van der Waals surface area contributed by atoms with E-state index in [1.807, 2.05) is 65.0 Å². The lowest BCUT2D eigenvalue weighted by Gasteiger charge is -2.34. The second-order valence-electron chi connectivity index (χ2n) is 9.68. The minimum absolute atomic E-state index is 0.166. The van der Waals surface area contributed by atoms with Crippen molar-refractivity contribution in [1.82, 2.24) is 15.0 Å². The Morgan fingerprint density at radius 2 is 1.85 bits per heavy atom. The molecule has 1 atom stereocenters. The van der Waals surface area contributed by atoms with Crippen LogP contribution in [0.5, 0.6) is 5.88 Å². The molecule has 9 heteroatoms. The summed E-state index contributed by atoms with van der Waals surface area (Å²) >= 11 is 0. The molecule has 0 amide bonds. The Morgan fingerprint density at radius 3 is 2.45 bits per heavy atom. The molecule has 0 radical (unpaired) electrons. The second kappa shape index (κ2) is 8.95. The molecular weight excluding hydrogens is 421 g/mol. The van der Waals surface area contributed by atoms with Crippen LogP contribution >= 0.6 is 0 Å². The van der Waals surface area contributed by atoms with Crippen LogP contribution in [-0.2, 0) is 18.8 Å². The second-order valence-corrected chi connectivity index (χ2v) is 9.68. The van der Waals surface area contributed by atoms with Gasteiger partial charge < -0.3 is 18.8 Å². The van der Waals surface area contributed by atoms with Crippen molar-refractivity contribution < 1.29 is 23.6 Å². The fraction of sp³-hybridized carbons (Fsp3) is 0.542. The first kappa shape index (κ1) is 23.5. The van der Waals surface area contributed by atoms with Crippen molar-refractivity contribution in [3.63, 3.8) is 0 Å². The van der Waals surface area contributed by atoms with E-state index in [-0.39, 0.29) is 12.6 Å². The highest BCUT2D eigenvalue weighted by Gasteiger charge is 2.53. The van der Waals surface area contributed by atoms with Crippen molar-refractivity contribution >= 4 is 13.1 Å². The van der Waals surface area contributed by atoms with Crippen LogP contribution in [0.2, 0.25) is 0 Å². The Morgan fingerprint density at radius 1 is 1.15 bits per heavy atom. The van der Waals surface area contributed by atoms with Gasteiger partial charge in [-0.1, -0.05) is 29.5 Å². The number of ether oxygens (including phenoxy) is 2. The molecule has 8 nitrogen and oxygen atoms in total. The van der Waals surface area contributed by atoms with E-state index >= 15 is 0 Å². The van der Waals surface area contributed by atoms with Crippen molar-refractivity contribution in [1.29, 1.82) is 0 Å². The topological polar surface area (TPSA) is 84.7 Å². The van der Waals surface area contributed by atoms with E-state index in [4.69, 9.17) is 18.8 Å². The van der Waals surface area contributed by atoms with Gasteiger partial charge in [-0.2, -0.15) is 4.68 Å². The number of carbonyl (C=O) groups is 1. The third-order valence-corrected chi connectivity index (χ3v) is 6.93. The third-order valence-electron chi connectivity index (χ3n) is 6.93. The summed E-state index contributed by atoms with van der Waals surface area (Å²) in [6.07, 6.45) is 5.33. The van der Waals surface area contributed by atoms with Crippen LogP contribution in [0.1, 0.15) is 53.9 Å². The molecule has 0 N–H and O–H groups in total. The molecule has 1 aromatic carbocycles. The molecule has 0 bridgehead atoms. The van der Waals surface area contributed by atoms with Crippen LogP contribution in [0, 0.1) is 5.41 Å². The lowest BCUT2D eigenvalue weighted by Crippen LogP contribution is -2.41. The molecular formula is C24H32BN3O5. The van der Waals surface area contributed by atoms with Gasteiger partial charge >= 0.3 is 13.1 Å². The van der Waals surface area contributed by atoms with Gasteiger partial charge in [-0.05, 0) is 71.5 Å². The smallest absolute Gasteiger partial charge is 0.475 e. The van der Waals surface area contributed by atoms with E-state index in [1.165, 1.54) is 0 Å². The molecule has 2 aromatic rings. The molecule has 2 heterocycles. The first-order valence-electron chi connectivity index (χ1n) is 11.5. The molecule has 4 rings (SSSR count). The van der Waals surface area contributed by atoms with Gasteiger partial charge in [0.2, 0.25) is 5.88 Å². The van der Waals surface area contributed by atoms with Crippen molar-refractivity contribution in [2.24, 2.45) is 5.41 Å². The monoisotopic (exact) mass is 453 g/mol. The summed E-state index contributed by atoms with van der Waals surface area (Å²) < 4.78 is 25.6. The van der Waals surface area contributed by atoms with Gasteiger partial charge in [-0.3, -0.25) is 4.79 Å². The highest BCUT2D eigenvalue weighted by Crippen LogP contribution is 2.43. The number of benzene rings is 1. The molecule has 1 aliphatic carbocycles. The lowest BCUT2D eigenvalue weighted by atomic mass is 9.66. The van der Waals surface area contributed by atoms with Gasteiger partial charge in [0.25, 0.3) is 0 Å². The quantitative estimate of drug-likeness (QED) is 0.464. The summed E-state index contributed by atoms with van der Waals surface area (Å²) in [6, 6.07) is 9.61. The average Bonchev–Trinajstić information content (AvgIpc) is 3.34. The molecule has 1 unspecified atom stereocenters. The van der Waals surface area contributed by atoms with Crippen molar-refractivity contribution in [3.05, 3.63) is 48.1 Å². The van der Waals surface area contributed by atoms with Crippen molar-refractivity contribution in [2.75, 3.05) is 13.2 Å². The summed E-state index contributed by atoms with van der Waals surface area (Å²) in [5.74, 6) is 0.221. The molecule has 2 aliphatic rings. The number of carbonyl (C=O) groups excluding carboxylic acids is 1. The molecule has 176 valence electrons. The van der Waals surface area contributed by atoms with Crippen molar-refractivity contribution in [2.45, 2.75) is 65.1 Å². The lowest BCUT2D eigenvalue weighted by molar-refractivity contribution is -0.158. The average molecular weight is 453 g/mol. The van der Waals surface area contributed by atoms with Gasteiger partial charge in [-0.25, -0.2) is 0 Å². The summed E-state index contributed by atoms with van der Waals surface area (Å²) in [5, 5.41) is 8.11. The molecule has 1 saturated heterocycles. The SMILES string of the molecule is CCOC(=O)C1(COc2cnnn2-c2ccccc2)CC=C(B2OC(C)(C)C(C)(C)O2)CC1. The molecule has 33 heavy (non-hydrogen) atoms. The van der Waals surface area contributed by atoms with Gasteiger partial charge in [-0.15, -0.1) is 5.10 Å². The van der Waals surface area contributed by atoms with Gasteiger partial charge in [0.15, 0.2) is 0 Å². The minimum atomic E-state index is -0.797. The van der Waals surface area contributed by atoms with E-state index in [1.54, 1.807) is 10.9 Å². The Balaban J connectivity index is 1.51. The molecule has 1 aromatic heterocycles. The number of hydrogen-bond acceptors (Lipinski definition) is 7. The first-order valence-corrected chi connectivity index (χ1v) is 11.5. The molecule has 0 saturated carbocycles. The normalized spacial score (nSPS) is 23.8. The van der Waals surface area contributed by atoms with Crippen LogP contribution in [0.25, 0.3) is 5.69 Å². The fourth-order valence-corrected chi connectivity index (χ4v) is 4.07. The van der Waals surface area contributed by atoms with Crippen LogP contribution < -0.4 is 4.74 Å². The third kappa shape index (κ3) is 4.57. The summed E-state index contributed by atoms with van der Waals surface area (Å²) in [4.78, 5) is 13.0. The van der Waals surface area contributed by atoms with Crippen LogP contribution in [0.15, 0.2) is 48.1 Å². The zero-order valence-corrected chi connectivity index (χ0v) is 20.0. The fourth-order valence-electron chi connectivity index (χ4n) is 4.07. The van der Waals surface area contributed by atoms with Crippen molar-refractivity contribution in [3.8, 4) is 11.6 Å². The van der Waals surface area contributed by atoms with Crippen LogP contribution in [0.3, 0.4) is 0 Å². The Bertz CT molecular complexity index is 1000. The number of para-hydroxylation sites is 1. The Hall–Kier alpha value is -2.65. The Labute approximate surface area is 195 Å². The largest absolute Gasteiger partial charge is 0.490 e. The van der Waals surface area contributed by atoms with E-state index in [9.17, 15) is 4.79 Å². The van der Waals surface area contributed by atoms with E-state index in [0.717, 1.165) is 11.2 Å². The molecule has 0 spiro atoms. The summed E-state index contributed by atoms with van der Waals surface area (Å²) in [5.41, 5.74) is 0.293. The summed E-state index contributed by atoms with van der Waals surface area (Å²) in [6.45, 7) is 10.5. The maximum atomic E-state index is 13.0. The number of rotatable bonds is 7. The van der Waals surface area contributed by atoms with E-state index < -0.39 is 23.7 Å². The predicted molar refractivity (Wildman–Crippen MR) is 124 cm³/mol. The van der Waals surface area contributed by atoms with Gasteiger partial charge in [0, 0.05) is 0 Å². The number of hydrogen-bond donors (Lipinski definition) is 0. The predicted octanol–water partition coefficient (Wildman–Crippen LogP) is 3.94. The Kier molecular flexibility index (Phi) is 6.38. The highest BCUT2D eigenvalue weighted by atomic mass is 16.7. The van der Waals surface area contributed by atoms with E-state index in [2.05, 4.69) is 16.4 Å². The highest BCUT2D eigenvalue weighted by molar-refractivity contribution is 6.54.